The average molecular weight is 662 g/mol. The van der Waals surface area contributed by atoms with E-state index in [4.69, 9.17) is 0 Å². The molecule has 4 amide bonds. The molecule has 0 saturated heterocycles. The Bertz CT molecular complexity index is 1640. The fraction of sp³-hybridized carbons (Fsp3) is 0.629. The molecule has 0 aliphatic heterocycles. The lowest BCUT2D eigenvalue weighted by atomic mass is 9.71. The zero-order valence-electron chi connectivity index (χ0n) is 27.9. The summed E-state index contributed by atoms with van der Waals surface area (Å²) in [4.78, 5) is 82.1. The molecule has 5 aliphatic carbocycles. The van der Waals surface area contributed by atoms with Crippen LogP contribution in [0.5, 0.6) is 0 Å². The van der Waals surface area contributed by atoms with Gasteiger partial charge in [-0.1, -0.05) is 26.2 Å². The Morgan fingerprint density at radius 1 is 1.08 bits per heavy atom. The largest absolute Gasteiger partial charge is 0.350 e. The standard InChI is InChI=1S/C35H47N7O6/c1-3-34-15-22-14-23(34)17-35(16-22,20-34)40-29(44)19-41-13-7-10-26(33(41)48)39-30(45)25(11-12-28(43)32(47)36-4-2)38-31(46)27-18-42(21-37-27)24-8-5-6-9-24/h7,10,13,18,21-25H,3-6,8-9,11-12,14-17,19-20H2,1-2H3,(H,36,47)(H,38,46)(H,39,45)(H,40,44)/t22?,23?,25-,34?,35?/m0/s1. The van der Waals surface area contributed by atoms with E-state index in [0.29, 0.717) is 17.3 Å². The minimum absolute atomic E-state index is 0.0712. The molecule has 13 heteroatoms. The molecule has 4 bridgehead atoms. The van der Waals surface area contributed by atoms with E-state index in [2.05, 4.69) is 33.2 Å². The number of aromatic nitrogens is 3. The second-order valence-electron chi connectivity index (χ2n) is 14.5. The number of ketones is 1. The van der Waals surface area contributed by atoms with E-state index in [9.17, 15) is 28.8 Å². The van der Waals surface area contributed by atoms with Crippen molar-refractivity contribution in [3.05, 3.63) is 46.9 Å². The second-order valence-corrected chi connectivity index (χ2v) is 14.5. The molecular formula is C35H47N7O6. The number of amides is 4. The van der Waals surface area contributed by atoms with Crippen molar-refractivity contribution in [1.29, 1.82) is 0 Å². The Labute approximate surface area is 280 Å². The van der Waals surface area contributed by atoms with E-state index in [1.165, 1.54) is 29.7 Å². The number of likely N-dealkylation sites (N-methyl/N-ethyl adjacent to an activating group) is 1. The quantitative estimate of drug-likeness (QED) is 0.225. The first-order valence-electron chi connectivity index (χ1n) is 17.5. The van der Waals surface area contributed by atoms with Gasteiger partial charge in [-0.25, -0.2) is 4.98 Å². The van der Waals surface area contributed by atoms with Crippen molar-refractivity contribution < 1.29 is 24.0 Å². The highest BCUT2D eigenvalue weighted by atomic mass is 16.2. The van der Waals surface area contributed by atoms with Crippen LogP contribution < -0.4 is 26.8 Å². The molecule has 0 spiro atoms. The van der Waals surface area contributed by atoms with Gasteiger partial charge in [0.1, 0.15) is 24.0 Å². The number of pyridine rings is 1. The maximum absolute atomic E-state index is 13.5. The van der Waals surface area contributed by atoms with Crippen molar-refractivity contribution in [1.82, 2.24) is 30.1 Å². The van der Waals surface area contributed by atoms with Crippen LogP contribution in [0.1, 0.15) is 107 Å². The van der Waals surface area contributed by atoms with Crippen LogP contribution in [0.2, 0.25) is 0 Å². The lowest BCUT2D eigenvalue weighted by Gasteiger charge is -2.41. The lowest BCUT2D eigenvalue weighted by Crippen LogP contribution is -2.52. The van der Waals surface area contributed by atoms with Gasteiger partial charge in [-0.15, -0.1) is 0 Å². The molecule has 5 atom stereocenters. The van der Waals surface area contributed by atoms with E-state index in [0.717, 1.165) is 51.4 Å². The third-order valence-corrected chi connectivity index (χ3v) is 11.3. The molecule has 0 aromatic carbocycles. The normalized spacial score (nSPS) is 26.3. The summed E-state index contributed by atoms with van der Waals surface area (Å²) in [6.07, 6.45) is 15.1. The van der Waals surface area contributed by atoms with Gasteiger partial charge in [-0.05, 0) is 87.7 Å². The number of imidazole rings is 1. The van der Waals surface area contributed by atoms with Gasteiger partial charge in [-0.2, -0.15) is 0 Å². The fourth-order valence-corrected chi connectivity index (χ4v) is 9.25. The first-order valence-corrected chi connectivity index (χ1v) is 17.5. The molecule has 48 heavy (non-hydrogen) atoms. The Balaban J connectivity index is 1.12. The number of hydrogen-bond donors (Lipinski definition) is 4. The summed E-state index contributed by atoms with van der Waals surface area (Å²) in [7, 11) is 0. The van der Waals surface area contributed by atoms with Crippen molar-refractivity contribution >= 4 is 35.1 Å². The monoisotopic (exact) mass is 661 g/mol. The number of rotatable bonds is 14. The molecule has 13 nitrogen and oxygen atoms in total. The van der Waals surface area contributed by atoms with Crippen LogP contribution in [0.4, 0.5) is 5.69 Å². The van der Waals surface area contributed by atoms with Crippen molar-refractivity contribution in [3.8, 4) is 0 Å². The van der Waals surface area contributed by atoms with Crippen molar-refractivity contribution in [2.45, 2.75) is 115 Å². The van der Waals surface area contributed by atoms with E-state index >= 15 is 0 Å². The van der Waals surface area contributed by atoms with E-state index in [-0.39, 0.29) is 54.8 Å². The van der Waals surface area contributed by atoms with Crippen LogP contribution in [0, 0.1) is 17.3 Å². The SMILES string of the molecule is CCNC(=O)C(=O)CC[C@H](NC(=O)c1cn(C2CCCC2)cn1)C(=O)Nc1cccn(CC(=O)NC23CC4CC(C2)C(CC)(C4)C3)c1=O. The average Bonchev–Trinajstić information content (AvgIpc) is 3.84. The zero-order valence-corrected chi connectivity index (χ0v) is 27.9. The van der Waals surface area contributed by atoms with Crippen LogP contribution >= 0.6 is 0 Å². The number of nitrogens with one attached hydrogen (secondary N) is 4. The summed E-state index contributed by atoms with van der Waals surface area (Å²) < 4.78 is 3.16. The van der Waals surface area contributed by atoms with Gasteiger partial charge < -0.3 is 30.4 Å². The first-order chi connectivity index (χ1) is 23.0. The van der Waals surface area contributed by atoms with Gasteiger partial charge in [0.25, 0.3) is 17.4 Å². The summed E-state index contributed by atoms with van der Waals surface area (Å²) in [6.45, 7) is 4.02. The smallest absolute Gasteiger partial charge is 0.287 e. The number of anilines is 1. The van der Waals surface area contributed by atoms with Crippen LogP contribution in [-0.4, -0.2) is 61.7 Å². The van der Waals surface area contributed by atoms with Crippen LogP contribution in [-0.2, 0) is 25.7 Å². The first kappa shape index (κ1) is 33.6. The van der Waals surface area contributed by atoms with Crippen molar-refractivity contribution in [2.24, 2.45) is 17.3 Å². The topological polar surface area (TPSA) is 173 Å². The summed E-state index contributed by atoms with van der Waals surface area (Å²) in [6, 6.07) is 2.02. The number of hydrogen-bond acceptors (Lipinski definition) is 7. The summed E-state index contributed by atoms with van der Waals surface area (Å²) in [5.74, 6) is -1.79. The van der Waals surface area contributed by atoms with E-state index in [1.54, 1.807) is 25.5 Å². The van der Waals surface area contributed by atoms with Gasteiger partial charge in [0.05, 0.1) is 6.33 Å². The van der Waals surface area contributed by atoms with Gasteiger partial charge in [0, 0.05) is 36.9 Å². The molecule has 2 aromatic heterocycles. The Kier molecular flexibility index (Phi) is 9.57. The highest BCUT2D eigenvalue weighted by Gasteiger charge is 2.63. The number of carbonyl (C=O) groups is 5. The molecule has 2 heterocycles. The van der Waals surface area contributed by atoms with Crippen LogP contribution in [0.25, 0.3) is 0 Å². The molecular weight excluding hydrogens is 614 g/mol. The molecule has 0 radical (unpaired) electrons. The maximum atomic E-state index is 13.5. The number of carbonyl (C=O) groups excluding carboxylic acids is 5. The van der Waals surface area contributed by atoms with Crippen LogP contribution in [0.3, 0.4) is 0 Å². The van der Waals surface area contributed by atoms with Crippen molar-refractivity contribution in [2.75, 3.05) is 11.9 Å². The predicted octanol–water partition coefficient (Wildman–Crippen LogP) is 2.86. The van der Waals surface area contributed by atoms with E-state index < -0.39 is 35.1 Å². The third kappa shape index (κ3) is 6.82. The van der Waals surface area contributed by atoms with Crippen LogP contribution in [0.15, 0.2) is 35.6 Å². The number of Topliss-reactive ketones (excluding diaryl/α,β-unsaturated/α-hetero) is 1. The Hall–Kier alpha value is -4.29. The summed E-state index contributed by atoms with van der Waals surface area (Å²) >= 11 is 0. The maximum Gasteiger partial charge on any atom is 0.287 e. The highest BCUT2D eigenvalue weighted by Crippen LogP contribution is 2.68. The minimum atomic E-state index is -1.25. The highest BCUT2D eigenvalue weighted by molar-refractivity contribution is 6.36. The zero-order chi connectivity index (χ0) is 34.1. The summed E-state index contributed by atoms with van der Waals surface area (Å²) in [5, 5.41) is 11.0. The molecule has 5 aliphatic rings. The van der Waals surface area contributed by atoms with E-state index in [1.807, 2.05) is 4.57 Å². The molecule has 4 N–H and O–H groups in total. The molecule has 258 valence electrons. The lowest BCUT2D eigenvalue weighted by molar-refractivity contribution is -0.138. The minimum Gasteiger partial charge on any atom is -0.350 e. The molecule has 5 fully saturated rings. The molecule has 2 aromatic rings. The molecule has 4 unspecified atom stereocenters. The van der Waals surface area contributed by atoms with Crippen molar-refractivity contribution in [3.63, 3.8) is 0 Å². The van der Waals surface area contributed by atoms with Gasteiger partial charge in [-0.3, -0.25) is 28.8 Å². The van der Waals surface area contributed by atoms with Gasteiger partial charge in [0.2, 0.25) is 17.6 Å². The fourth-order valence-electron chi connectivity index (χ4n) is 9.25. The second kappa shape index (κ2) is 13.7. The van der Waals surface area contributed by atoms with Gasteiger partial charge >= 0.3 is 0 Å². The predicted molar refractivity (Wildman–Crippen MR) is 177 cm³/mol. The summed E-state index contributed by atoms with van der Waals surface area (Å²) in [5.41, 5.74) is -0.408. The third-order valence-electron chi connectivity index (χ3n) is 11.3. The number of nitrogens with zero attached hydrogens (tertiary/aromatic N) is 3. The Morgan fingerprint density at radius 2 is 1.88 bits per heavy atom. The Morgan fingerprint density at radius 3 is 2.60 bits per heavy atom. The van der Waals surface area contributed by atoms with Gasteiger partial charge in [0.15, 0.2) is 0 Å². The molecule has 7 rings (SSSR count). The molecule has 5 saturated carbocycles.